The minimum atomic E-state index is -0.230. The summed E-state index contributed by atoms with van der Waals surface area (Å²) in [4.78, 5) is 11.4. The number of rotatable bonds is 5. The van der Waals surface area contributed by atoms with Crippen LogP contribution in [-0.4, -0.2) is 11.8 Å². The molecule has 0 heterocycles. The van der Waals surface area contributed by atoms with Gasteiger partial charge in [0.2, 0.25) is 0 Å². The van der Waals surface area contributed by atoms with Crippen molar-refractivity contribution < 1.29 is 9.18 Å². The lowest BCUT2D eigenvalue weighted by Crippen LogP contribution is -2.32. The van der Waals surface area contributed by atoms with E-state index in [4.69, 9.17) is 0 Å². The number of benzene rings is 1. The molecule has 0 saturated heterocycles. The minimum Gasteiger partial charge on any atom is -0.382 e. The predicted octanol–water partition coefficient (Wildman–Crippen LogP) is 4.17. The lowest BCUT2D eigenvalue weighted by Gasteiger charge is -2.31. The van der Waals surface area contributed by atoms with Gasteiger partial charge in [-0.25, -0.2) is 4.39 Å². The Balaban J connectivity index is 2.03. The normalized spacial score (nSPS) is 18.0. The van der Waals surface area contributed by atoms with Crippen molar-refractivity contribution in [2.75, 3.05) is 5.32 Å². The molecule has 1 aliphatic carbocycles. The van der Waals surface area contributed by atoms with E-state index in [0.29, 0.717) is 12.3 Å². The summed E-state index contributed by atoms with van der Waals surface area (Å²) in [5.41, 5.74) is 0.901. The van der Waals surface area contributed by atoms with Crippen molar-refractivity contribution in [2.45, 2.75) is 51.5 Å². The highest BCUT2D eigenvalue weighted by Crippen LogP contribution is 2.29. The number of hydrogen-bond acceptors (Lipinski definition) is 2. The summed E-state index contributed by atoms with van der Waals surface area (Å²) in [5.74, 6) is 0.541. The monoisotopic (exact) mass is 263 g/mol. The van der Waals surface area contributed by atoms with Crippen LogP contribution in [0.3, 0.4) is 0 Å². The van der Waals surface area contributed by atoms with Crippen molar-refractivity contribution in [3.8, 4) is 0 Å². The summed E-state index contributed by atoms with van der Waals surface area (Å²) in [7, 11) is 0. The minimum absolute atomic E-state index is 0.184. The van der Waals surface area contributed by atoms with Gasteiger partial charge in [0, 0.05) is 18.2 Å². The van der Waals surface area contributed by atoms with Crippen LogP contribution in [-0.2, 0) is 4.79 Å². The van der Waals surface area contributed by atoms with Gasteiger partial charge in [-0.05, 0) is 49.9 Å². The fourth-order valence-electron chi connectivity index (χ4n) is 2.94. The second kappa shape index (κ2) is 6.69. The van der Waals surface area contributed by atoms with Gasteiger partial charge in [0.1, 0.15) is 11.6 Å². The Morgan fingerprint density at radius 3 is 2.47 bits per heavy atom. The molecule has 0 amide bonds. The molecule has 2 nitrogen and oxygen atoms in total. The Morgan fingerprint density at radius 2 is 1.89 bits per heavy atom. The summed E-state index contributed by atoms with van der Waals surface area (Å²) < 4.78 is 12.9. The van der Waals surface area contributed by atoms with Gasteiger partial charge in [-0.3, -0.25) is 4.79 Å². The maximum absolute atomic E-state index is 12.9. The van der Waals surface area contributed by atoms with E-state index in [9.17, 15) is 9.18 Å². The lowest BCUT2D eigenvalue weighted by atomic mass is 9.82. The topological polar surface area (TPSA) is 29.1 Å². The molecule has 0 spiro atoms. The maximum atomic E-state index is 12.9. The quantitative estimate of drug-likeness (QED) is 0.864. The zero-order chi connectivity index (χ0) is 13.7. The van der Waals surface area contributed by atoms with E-state index < -0.39 is 0 Å². The second-order valence-electron chi connectivity index (χ2n) is 5.56. The Morgan fingerprint density at radius 1 is 1.26 bits per heavy atom. The number of nitrogens with one attached hydrogen (secondary N) is 1. The predicted molar refractivity (Wildman–Crippen MR) is 75.7 cm³/mol. The molecule has 3 heteroatoms. The number of Topliss-reactive ketones (excluding diaryl/α,β-unsaturated/α-hetero) is 1. The second-order valence-corrected chi connectivity index (χ2v) is 5.56. The molecule has 1 aromatic carbocycles. The van der Waals surface area contributed by atoms with Gasteiger partial charge in [0.25, 0.3) is 0 Å². The van der Waals surface area contributed by atoms with Crippen molar-refractivity contribution in [3.05, 3.63) is 30.1 Å². The lowest BCUT2D eigenvalue weighted by molar-refractivity contribution is -0.117. The number of anilines is 1. The van der Waals surface area contributed by atoms with Crippen LogP contribution < -0.4 is 5.32 Å². The molecular weight excluding hydrogens is 241 g/mol. The van der Waals surface area contributed by atoms with E-state index in [-0.39, 0.29) is 17.6 Å². The summed E-state index contributed by atoms with van der Waals surface area (Å²) in [6.45, 7) is 1.64. The van der Waals surface area contributed by atoms with Crippen LogP contribution in [0.2, 0.25) is 0 Å². The third kappa shape index (κ3) is 4.34. The Hall–Kier alpha value is -1.38. The van der Waals surface area contributed by atoms with Crippen molar-refractivity contribution in [3.63, 3.8) is 0 Å². The Kier molecular flexibility index (Phi) is 4.94. The number of hydrogen-bond donors (Lipinski definition) is 1. The molecule has 1 aliphatic rings. The molecule has 0 unspecified atom stereocenters. The number of carbonyl (C=O) groups excluding carboxylic acids is 1. The maximum Gasteiger partial charge on any atom is 0.131 e. The van der Waals surface area contributed by atoms with Crippen LogP contribution in [0.15, 0.2) is 24.3 Å². The first kappa shape index (κ1) is 14.0. The molecule has 1 atom stereocenters. The van der Waals surface area contributed by atoms with Crippen molar-refractivity contribution in [2.24, 2.45) is 5.92 Å². The van der Waals surface area contributed by atoms with Crippen molar-refractivity contribution >= 4 is 11.5 Å². The van der Waals surface area contributed by atoms with E-state index in [1.807, 2.05) is 0 Å². The van der Waals surface area contributed by atoms with Crippen molar-refractivity contribution in [1.82, 2.24) is 0 Å². The molecule has 0 bridgehead atoms. The molecule has 1 fully saturated rings. The van der Waals surface area contributed by atoms with E-state index >= 15 is 0 Å². The zero-order valence-corrected chi connectivity index (χ0v) is 11.5. The molecule has 0 aliphatic heterocycles. The molecule has 0 radical (unpaired) electrons. The van der Waals surface area contributed by atoms with Crippen LogP contribution in [0.1, 0.15) is 45.4 Å². The van der Waals surface area contributed by atoms with Crippen molar-refractivity contribution in [1.29, 1.82) is 0 Å². The molecule has 19 heavy (non-hydrogen) atoms. The fraction of sp³-hybridized carbons (Fsp3) is 0.562. The fourth-order valence-corrected chi connectivity index (χ4v) is 2.94. The molecule has 104 valence electrons. The molecule has 1 N–H and O–H groups in total. The van der Waals surface area contributed by atoms with Crippen LogP contribution in [0.4, 0.5) is 10.1 Å². The smallest absolute Gasteiger partial charge is 0.131 e. The molecular formula is C16H22FNO. The highest BCUT2D eigenvalue weighted by Gasteiger charge is 2.24. The van der Waals surface area contributed by atoms with Gasteiger partial charge in [-0.15, -0.1) is 0 Å². The number of carbonyl (C=O) groups is 1. The highest BCUT2D eigenvalue weighted by atomic mass is 19.1. The molecule has 0 aromatic heterocycles. The first-order chi connectivity index (χ1) is 9.15. The Labute approximate surface area is 114 Å². The summed E-state index contributed by atoms with van der Waals surface area (Å²) in [6, 6.07) is 6.57. The van der Waals surface area contributed by atoms with Gasteiger partial charge < -0.3 is 5.32 Å². The average molecular weight is 263 g/mol. The third-order valence-corrected chi connectivity index (χ3v) is 3.92. The third-order valence-electron chi connectivity index (χ3n) is 3.92. The van der Waals surface area contributed by atoms with E-state index in [0.717, 1.165) is 5.69 Å². The first-order valence-corrected chi connectivity index (χ1v) is 7.16. The van der Waals surface area contributed by atoms with E-state index in [1.165, 1.54) is 44.2 Å². The molecule has 1 aromatic rings. The van der Waals surface area contributed by atoms with Gasteiger partial charge in [0.05, 0.1) is 0 Å². The van der Waals surface area contributed by atoms with Crippen LogP contribution >= 0.6 is 0 Å². The summed E-state index contributed by atoms with van der Waals surface area (Å²) >= 11 is 0. The summed E-state index contributed by atoms with van der Waals surface area (Å²) in [6.07, 6.45) is 6.74. The first-order valence-electron chi connectivity index (χ1n) is 7.16. The number of halogens is 1. The van der Waals surface area contributed by atoms with Gasteiger partial charge in [0.15, 0.2) is 0 Å². The Bertz CT molecular complexity index is 409. The molecule has 1 saturated carbocycles. The van der Waals surface area contributed by atoms with Crippen LogP contribution in [0.25, 0.3) is 0 Å². The SMILES string of the molecule is CC(=O)C[C@H](Nc1ccc(F)cc1)C1CCCCC1. The standard InChI is InChI=1S/C16H22FNO/c1-12(19)11-16(13-5-3-2-4-6-13)18-15-9-7-14(17)8-10-15/h7-10,13,16,18H,2-6,11H2,1H3/t16-/m0/s1. The molecule has 2 rings (SSSR count). The van der Waals surface area contributed by atoms with E-state index in [2.05, 4.69) is 5.32 Å². The largest absolute Gasteiger partial charge is 0.382 e. The van der Waals surface area contributed by atoms with E-state index in [1.54, 1.807) is 19.1 Å². The van der Waals surface area contributed by atoms with Gasteiger partial charge in [-0.2, -0.15) is 0 Å². The zero-order valence-electron chi connectivity index (χ0n) is 11.5. The highest BCUT2D eigenvalue weighted by molar-refractivity contribution is 5.76. The van der Waals surface area contributed by atoms with Crippen LogP contribution in [0, 0.1) is 11.7 Å². The number of ketones is 1. The van der Waals surface area contributed by atoms with Gasteiger partial charge in [-0.1, -0.05) is 19.3 Å². The average Bonchev–Trinajstić information content (AvgIpc) is 2.41. The van der Waals surface area contributed by atoms with Crippen LogP contribution in [0.5, 0.6) is 0 Å². The summed E-state index contributed by atoms with van der Waals surface area (Å²) in [5, 5.41) is 3.42. The van der Waals surface area contributed by atoms with Gasteiger partial charge >= 0.3 is 0 Å².